The Morgan fingerprint density at radius 3 is 1.45 bits per heavy atom. The minimum absolute atomic E-state index is 0. The summed E-state index contributed by atoms with van der Waals surface area (Å²) in [6.07, 6.45) is 6.14. The van der Waals surface area contributed by atoms with Crippen LogP contribution in [0.3, 0.4) is 0 Å². The smallest absolute Gasteiger partial charge is 0.0267 e. The summed E-state index contributed by atoms with van der Waals surface area (Å²) in [7, 11) is 0. The maximum Gasteiger partial charge on any atom is 0.0267 e. The molecule has 2 heteroatoms. The van der Waals surface area contributed by atoms with E-state index in [9.17, 15) is 0 Å². The van der Waals surface area contributed by atoms with Gasteiger partial charge in [0.25, 0.3) is 0 Å². The van der Waals surface area contributed by atoms with E-state index in [1.165, 1.54) is 12.8 Å². The molecular weight excluding hydrogens is 202 g/mol. The molecule has 0 aliphatic rings. The number of rotatable bonds is 1. The van der Waals surface area contributed by atoms with Crippen LogP contribution in [-0.4, -0.2) is 4.98 Å². The number of nitrogens with zero attached hydrogens (tertiary/aromatic N) is 1. The summed E-state index contributed by atoms with van der Waals surface area (Å²) in [6, 6.07) is 5.72. The molecule has 0 saturated carbocycles. The first-order valence-electron chi connectivity index (χ1n) is 3.76. The number of unbranched alkanes of at least 4 members (excludes halogenated alkanes) is 1. The predicted octanol–water partition coefficient (Wildman–Crippen LogP) is 3.47. The first kappa shape index (κ1) is 13.2. The van der Waals surface area contributed by atoms with Gasteiger partial charge in [-0.25, -0.2) is 0 Å². The molecule has 0 aliphatic heterocycles. The van der Waals surface area contributed by atoms with Crippen LogP contribution in [0.1, 0.15) is 26.7 Å². The number of hydrogen-bond donors (Lipinski definition) is 0. The van der Waals surface area contributed by atoms with Crippen LogP contribution in [0.25, 0.3) is 0 Å². The summed E-state index contributed by atoms with van der Waals surface area (Å²) < 4.78 is 0. The van der Waals surface area contributed by atoms with Gasteiger partial charge in [-0.05, 0) is 12.1 Å². The molecule has 0 unspecified atom stereocenters. The average Bonchev–Trinajstić information content (AvgIpc) is 2.08. The van der Waals surface area contributed by atoms with Gasteiger partial charge in [-0.1, -0.05) is 32.8 Å². The molecule has 0 spiro atoms. The van der Waals surface area contributed by atoms with Crippen molar-refractivity contribution in [2.45, 2.75) is 26.7 Å². The topological polar surface area (TPSA) is 12.9 Å². The summed E-state index contributed by atoms with van der Waals surface area (Å²) in [5.74, 6) is 0. The number of pyridine rings is 1. The maximum absolute atomic E-state index is 3.78. The molecule has 1 nitrogen and oxygen atoms in total. The highest BCUT2D eigenvalue weighted by Gasteiger charge is 1.58. The lowest BCUT2D eigenvalue weighted by Gasteiger charge is -1.70. The number of aromatic nitrogens is 1. The Morgan fingerprint density at radius 1 is 0.909 bits per heavy atom. The van der Waals surface area contributed by atoms with Crippen LogP contribution in [0.4, 0.5) is 0 Å². The van der Waals surface area contributed by atoms with Gasteiger partial charge in [-0.15, -0.1) is 17.0 Å². The maximum atomic E-state index is 3.78. The van der Waals surface area contributed by atoms with Crippen molar-refractivity contribution in [2.24, 2.45) is 0 Å². The zero-order valence-corrected chi connectivity index (χ0v) is 8.87. The lowest BCUT2D eigenvalue weighted by atomic mass is 10.4. The predicted molar refractivity (Wildman–Crippen MR) is 55.1 cm³/mol. The molecule has 0 aliphatic carbocycles. The van der Waals surface area contributed by atoms with Crippen molar-refractivity contribution in [1.82, 2.24) is 4.98 Å². The second-order valence-electron chi connectivity index (χ2n) is 2.02. The molecule has 0 saturated heterocycles. The summed E-state index contributed by atoms with van der Waals surface area (Å²) in [6.45, 7) is 4.36. The molecule has 1 aromatic heterocycles. The fraction of sp³-hybridized carbons (Fsp3) is 0.444. The SMILES string of the molecule is Br.CCCC.c1ccncc1. The van der Waals surface area contributed by atoms with Crippen LogP contribution in [0.15, 0.2) is 30.6 Å². The van der Waals surface area contributed by atoms with Crippen molar-refractivity contribution >= 4 is 17.0 Å². The van der Waals surface area contributed by atoms with Gasteiger partial charge in [-0.3, -0.25) is 4.98 Å². The zero-order valence-electron chi connectivity index (χ0n) is 7.16. The highest BCUT2D eigenvalue weighted by Crippen LogP contribution is 1.76. The molecule has 64 valence electrons. The largest absolute Gasteiger partial charge is 0.265 e. The van der Waals surface area contributed by atoms with Gasteiger partial charge < -0.3 is 0 Å². The third-order valence-corrected chi connectivity index (χ3v) is 1.07. The minimum Gasteiger partial charge on any atom is -0.265 e. The van der Waals surface area contributed by atoms with Crippen molar-refractivity contribution in [1.29, 1.82) is 0 Å². The molecule has 0 bridgehead atoms. The van der Waals surface area contributed by atoms with E-state index in [0.717, 1.165) is 0 Å². The Balaban J connectivity index is 0. The van der Waals surface area contributed by atoms with Crippen LogP contribution in [0, 0.1) is 0 Å². The highest BCUT2D eigenvalue weighted by atomic mass is 79.9. The first-order valence-corrected chi connectivity index (χ1v) is 3.76. The molecule has 1 aromatic rings. The molecule has 1 heterocycles. The quantitative estimate of drug-likeness (QED) is 0.703. The Bertz CT molecular complexity index is 102. The average molecular weight is 218 g/mol. The summed E-state index contributed by atoms with van der Waals surface area (Å²) in [4.78, 5) is 3.78. The van der Waals surface area contributed by atoms with E-state index in [1.807, 2.05) is 18.2 Å². The third kappa shape index (κ3) is 12.8. The van der Waals surface area contributed by atoms with E-state index in [1.54, 1.807) is 12.4 Å². The standard InChI is InChI=1S/C5H5N.C4H10.BrH/c1-2-4-6-5-3-1;1-3-4-2;/h1-5H;3-4H2,1-2H3;1H. The molecule has 0 amide bonds. The Kier molecular flexibility index (Phi) is 14.8. The molecule has 0 atom stereocenters. The van der Waals surface area contributed by atoms with Crippen molar-refractivity contribution in [3.63, 3.8) is 0 Å². The number of hydrogen-bond acceptors (Lipinski definition) is 1. The van der Waals surface area contributed by atoms with E-state index < -0.39 is 0 Å². The second kappa shape index (κ2) is 12.3. The summed E-state index contributed by atoms with van der Waals surface area (Å²) in [5.41, 5.74) is 0. The van der Waals surface area contributed by atoms with Gasteiger partial charge in [0.1, 0.15) is 0 Å². The van der Waals surface area contributed by atoms with Gasteiger partial charge in [-0.2, -0.15) is 0 Å². The zero-order chi connectivity index (χ0) is 7.66. The summed E-state index contributed by atoms with van der Waals surface area (Å²) >= 11 is 0. The van der Waals surface area contributed by atoms with Crippen LogP contribution < -0.4 is 0 Å². The normalized spacial score (nSPS) is 7.09. The van der Waals surface area contributed by atoms with Crippen LogP contribution in [0.2, 0.25) is 0 Å². The van der Waals surface area contributed by atoms with Crippen LogP contribution >= 0.6 is 17.0 Å². The molecule has 0 fully saturated rings. The van der Waals surface area contributed by atoms with Crippen LogP contribution in [-0.2, 0) is 0 Å². The van der Waals surface area contributed by atoms with Gasteiger partial charge >= 0.3 is 0 Å². The van der Waals surface area contributed by atoms with E-state index in [-0.39, 0.29) is 17.0 Å². The van der Waals surface area contributed by atoms with Crippen molar-refractivity contribution in [3.8, 4) is 0 Å². The fourth-order valence-electron chi connectivity index (χ4n) is 0.313. The monoisotopic (exact) mass is 217 g/mol. The number of halogens is 1. The van der Waals surface area contributed by atoms with Gasteiger partial charge in [0.05, 0.1) is 0 Å². The Morgan fingerprint density at radius 2 is 1.36 bits per heavy atom. The van der Waals surface area contributed by atoms with E-state index >= 15 is 0 Å². The van der Waals surface area contributed by atoms with E-state index in [4.69, 9.17) is 0 Å². The van der Waals surface area contributed by atoms with E-state index in [0.29, 0.717) is 0 Å². The molecule has 0 N–H and O–H groups in total. The lowest BCUT2D eigenvalue weighted by molar-refractivity contribution is 0.886. The molecular formula is C9H16BrN. The van der Waals surface area contributed by atoms with Crippen molar-refractivity contribution in [3.05, 3.63) is 30.6 Å². The third-order valence-electron chi connectivity index (χ3n) is 1.07. The molecule has 1 rings (SSSR count). The Labute approximate surface area is 79.6 Å². The molecule has 0 radical (unpaired) electrons. The first-order chi connectivity index (χ1) is 4.91. The van der Waals surface area contributed by atoms with Gasteiger partial charge in [0.2, 0.25) is 0 Å². The fourth-order valence-corrected chi connectivity index (χ4v) is 0.313. The van der Waals surface area contributed by atoms with Gasteiger partial charge in [0.15, 0.2) is 0 Å². The van der Waals surface area contributed by atoms with E-state index in [2.05, 4.69) is 18.8 Å². The molecule has 0 aromatic carbocycles. The Hall–Kier alpha value is -0.370. The second-order valence-corrected chi connectivity index (χ2v) is 2.02. The lowest BCUT2D eigenvalue weighted by Crippen LogP contribution is -1.58. The highest BCUT2D eigenvalue weighted by molar-refractivity contribution is 8.93. The van der Waals surface area contributed by atoms with Gasteiger partial charge in [0, 0.05) is 12.4 Å². The van der Waals surface area contributed by atoms with Crippen molar-refractivity contribution < 1.29 is 0 Å². The minimum atomic E-state index is 0. The summed E-state index contributed by atoms with van der Waals surface area (Å²) in [5, 5.41) is 0. The van der Waals surface area contributed by atoms with Crippen LogP contribution in [0.5, 0.6) is 0 Å². The molecule has 11 heavy (non-hydrogen) atoms. The van der Waals surface area contributed by atoms with Crippen molar-refractivity contribution in [2.75, 3.05) is 0 Å².